The predicted molar refractivity (Wildman–Crippen MR) is 69.2 cm³/mol. The van der Waals surface area contributed by atoms with Crippen LogP contribution in [-0.2, 0) is 22.4 Å². The number of rotatable bonds is 3. The van der Waals surface area contributed by atoms with E-state index >= 15 is 0 Å². The van der Waals surface area contributed by atoms with Gasteiger partial charge in [-0.15, -0.1) is 0 Å². The van der Waals surface area contributed by atoms with Crippen molar-refractivity contribution in [3.63, 3.8) is 0 Å². The molecule has 0 aliphatic carbocycles. The van der Waals surface area contributed by atoms with Crippen LogP contribution < -0.4 is 0 Å². The first kappa shape index (κ1) is 13.8. The van der Waals surface area contributed by atoms with Gasteiger partial charge in [-0.1, -0.05) is 6.92 Å². The maximum absolute atomic E-state index is 11.7. The van der Waals surface area contributed by atoms with Gasteiger partial charge in [-0.05, 0) is 52.2 Å². The van der Waals surface area contributed by atoms with Gasteiger partial charge < -0.3 is 9.72 Å². The number of hydrogen-bond donors (Lipinski definition) is 1. The lowest BCUT2D eigenvalue weighted by Crippen LogP contribution is -2.25. The van der Waals surface area contributed by atoms with E-state index in [-0.39, 0.29) is 5.97 Å². The van der Waals surface area contributed by atoms with E-state index in [0.717, 1.165) is 17.8 Å². The molecular formula is C14H23NO2. The van der Waals surface area contributed by atoms with Gasteiger partial charge in [0.1, 0.15) is 5.60 Å². The highest BCUT2D eigenvalue weighted by molar-refractivity contribution is 5.73. The molecule has 17 heavy (non-hydrogen) atoms. The molecule has 1 rings (SSSR count). The normalized spacial score (nSPS) is 11.6. The standard InChI is InChI=1S/C14H23NO2/c1-7-11-9(2)12(15-10(11)3)8-13(16)17-14(4,5)6/h15H,7-8H2,1-6H3. The Bertz CT molecular complexity index is 411. The fourth-order valence-electron chi connectivity index (χ4n) is 2.09. The van der Waals surface area contributed by atoms with Crippen molar-refractivity contribution in [3.8, 4) is 0 Å². The molecule has 3 heteroatoms. The number of carbonyl (C=O) groups is 1. The maximum Gasteiger partial charge on any atom is 0.312 e. The lowest BCUT2D eigenvalue weighted by Gasteiger charge is -2.19. The lowest BCUT2D eigenvalue weighted by atomic mass is 10.1. The maximum atomic E-state index is 11.7. The monoisotopic (exact) mass is 237 g/mol. The second-order valence-corrected chi connectivity index (χ2v) is 5.45. The molecule has 0 spiro atoms. The quantitative estimate of drug-likeness (QED) is 0.821. The van der Waals surface area contributed by atoms with Crippen LogP contribution in [0.4, 0.5) is 0 Å². The molecule has 0 saturated heterocycles. The zero-order valence-electron chi connectivity index (χ0n) is 11.7. The Morgan fingerprint density at radius 2 is 1.88 bits per heavy atom. The van der Waals surface area contributed by atoms with Crippen LogP contribution in [0.3, 0.4) is 0 Å². The molecule has 0 amide bonds. The summed E-state index contributed by atoms with van der Waals surface area (Å²) >= 11 is 0. The van der Waals surface area contributed by atoms with E-state index in [1.165, 1.54) is 11.1 Å². The molecule has 0 aliphatic rings. The average Bonchev–Trinajstić information content (AvgIpc) is 2.38. The number of carbonyl (C=O) groups excluding carboxylic acids is 1. The summed E-state index contributed by atoms with van der Waals surface area (Å²) in [5.41, 5.74) is 4.22. The molecule has 0 bridgehead atoms. The van der Waals surface area contributed by atoms with Gasteiger partial charge in [0, 0.05) is 11.4 Å². The number of ether oxygens (including phenoxy) is 1. The predicted octanol–water partition coefficient (Wildman–Crippen LogP) is 3.08. The van der Waals surface area contributed by atoms with Gasteiger partial charge in [-0.2, -0.15) is 0 Å². The van der Waals surface area contributed by atoms with Crippen LogP contribution >= 0.6 is 0 Å². The highest BCUT2D eigenvalue weighted by atomic mass is 16.6. The molecule has 0 aliphatic heterocycles. The molecule has 1 aromatic heterocycles. The van der Waals surface area contributed by atoms with Crippen LogP contribution in [0.2, 0.25) is 0 Å². The number of aryl methyl sites for hydroxylation is 1. The molecule has 0 unspecified atom stereocenters. The Kier molecular flexibility index (Phi) is 4.02. The van der Waals surface area contributed by atoms with E-state index in [9.17, 15) is 4.79 Å². The van der Waals surface area contributed by atoms with E-state index in [1.54, 1.807) is 0 Å². The van der Waals surface area contributed by atoms with Crippen molar-refractivity contribution in [2.75, 3.05) is 0 Å². The fourth-order valence-corrected chi connectivity index (χ4v) is 2.09. The van der Waals surface area contributed by atoms with Crippen LogP contribution in [0, 0.1) is 13.8 Å². The minimum Gasteiger partial charge on any atom is -0.460 e. The molecule has 1 N–H and O–H groups in total. The number of H-pyrrole nitrogens is 1. The Labute approximate surface area is 104 Å². The number of hydrogen-bond acceptors (Lipinski definition) is 2. The van der Waals surface area contributed by atoms with Gasteiger partial charge in [0.05, 0.1) is 6.42 Å². The highest BCUT2D eigenvalue weighted by Gasteiger charge is 2.19. The minimum atomic E-state index is -0.416. The smallest absolute Gasteiger partial charge is 0.312 e. The third-order valence-electron chi connectivity index (χ3n) is 2.79. The van der Waals surface area contributed by atoms with E-state index in [2.05, 4.69) is 18.8 Å². The SMILES string of the molecule is CCc1c(C)[nH]c(CC(=O)OC(C)(C)C)c1C. The molecule has 0 atom stereocenters. The molecule has 96 valence electrons. The van der Waals surface area contributed by atoms with Gasteiger partial charge in [0.2, 0.25) is 0 Å². The van der Waals surface area contributed by atoms with Crippen molar-refractivity contribution in [3.05, 3.63) is 22.5 Å². The van der Waals surface area contributed by atoms with Crippen LogP contribution in [0.25, 0.3) is 0 Å². The van der Waals surface area contributed by atoms with E-state index in [1.807, 2.05) is 27.7 Å². The number of nitrogens with one attached hydrogen (secondary N) is 1. The number of aromatic nitrogens is 1. The molecule has 0 fully saturated rings. The third kappa shape index (κ3) is 3.62. The summed E-state index contributed by atoms with van der Waals surface area (Å²) in [4.78, 5) is 15.0. The minimum absolute atomic E-state index is 0.176. The van der Waals surface area contributed by atoms with Gasteiger partial charge in [0.15, 0.2) is 0 Å². The van der Waals surface area contributed by atoms with Crippen molar-refractivity contribution < 1.29 is 9.53 Å². The van der Waals surface area contributed by atoms with Crippen molar-refractivity contribution in [2.45, 2.75) is 60.0 Å². The van der Waals surface area contributed by atoms with Crippen molar-refractivity contribution >= 4 is 5.97 Å². The van der Waals surface area contributed by atoms with Crippen LogP contribution in [0.1, 0.15) is 50.2 Å². The summed E-state index contributed by atoms with van der Waals surface area (Å²) in [6.45, 7) is 11.9. The summed E-state index contributed by atoms with van der Waals surface area (Å²) in [5.74, 6) is -0.176. The summed E-state index contributed by atoms with van der Waals surface area (Å²) in [6, 6.07) is 0. The molecule has 1 heterocycles. The Balaban J connectivity index is 2.79. The average molecular weight is 237 g/mol. The number of aromatic amines is 1. The van der Waals surface area contributed by atoms with Gasteiger partial charge in [0.25, 0.3) is 0 Å². The molecular weight excluding hydrogens is 214 g/mol. The van der Waals surface area contributed by atoms with Gasteiger partial charge in [-0.3, -0.25) is 4.79 Å². The van der Waals surface area contributed by atoms with E-state index < -0.39 is 5.60 Å². The highest BCUT2D eigenvalue weighted by Crippen LogP contribution is 2.19. The molecule has 0 aromatic carbocycles. The van der Waals surface area contributed by atoms with Crippen molar-refractivity contribution in [2.24, 2.45) is 0 Å². The Hall–Kier alpha value is -1.25. The van der Waals surface area contributed by atoms with Crippen LogP contribution in [0.5, 0.6) is 0 Å². The van der Waals surface area contributed by atoms with Crippen LogP contribution in [0.15, 0.2) is 0 Å². The summed E-state index contributed by atoms with van der Waals surface area (Å²) in [7, 11) is 0. The molecule has 0 radical (unpaired) electrons. The topological polar surface area (TPSA) is 42.1 Å². The second kappa shape index (κ2) is 4.94. The summed E-state index contributed by atoms with van der Waals surface area (Å²) in [6.07, 6.45) is 1.31. The van der Waals surface area contributed by atoms with Crippen molar-refractivity contribution in [1.29, 1.82) is 0 Å². The second-order valence-electron chi connectivity index (χ2n) is 5.45. The summed E-state index contributed by atoms with van der Waals surface area (Å²) < 4.78 is 5.32. The molecule has 3 nitrogen and oxygen atoms in total. The largest absolute Gasteiger partial charge is 0.460 e. The first-order valence-electron chi connectivity index (χ1n) is 6.13. The van der Waals surface area contributed by atoms with Gasteiger partial charge >= 0.3 is 5.97 Å². The summed E-state index contributed by atoms with van der Waals surface area (Å²) in [5, 5.41) is 0. The van der Waals surface area contributed by atoms with E-state index in [0.29, 0.717) is 6.42 Å². The fraction of sp³-hybridized carbons (Fsp3) is 0.643. The first-order chi connectivity index (χ1) is 7.74. The zero-order chi connectivity index (χ0) is 13.2. The third-order valence-corrected chi connectivity index (χ3v) is 2.79. The van der Waals surface area contributed by atoms with E-state index in [4.69, 9.17) is 4.74 Å². The lowest BCUT2D eigenvalue weighted by molar-refractivity contribution is -0.154. The van der Waals surface area contributed by atoms with Crippen LogP contribution in [-0.4, -0.2) is 16.6 Å². The molecule has 1 aromatic rings. The van der Waals surface area contributed by atoms with Gasteiger partial charge in [-0.25, -0.2) is 0 Å². The molecule has 0 saturated carbocycles. The first-order valence-corrected chi connectivity index (χ1v) is 6.13. The Morgan fingerprint density at radius 1 is 1.29 bits per heavy atom. The number of esters is 1. The zero-order valence-corrected chi connectivity index (χ0v) is 11.7. The Morgan fingerprint density at radius 3 is 2.29 bits per heavy atom. The van der Waals surface area contributed by atoms with Crippen molar-refractivity contribution in [1.82, 2.24) is 4.98 Å².